The Morgan fingerprint density at radius 2 is 1.79 bits per heavy atom. The molecule has 0 amide bonds. The first kappa shape index (κ1) is 13.9. The van der Waals surface area contributed by atoms with Gasteiger partial charge in [0, 0.05) is 11.0 Å². The van der Waals surface area contributed by atoms with Crippen LogP contribution in [0, 0.1) is 0 Å². The first-order valence-corrected chi connectivity index (χ1v) is 7.23. The lowest BCUT2D eigenvalue weighted by Gasteiger charge is -2.11. The molecule has 3 heteroatoms. The second-order valence-electron chi connectivity index (χ2n) is 4.98. The highest BCUT2D eigenvalue weighted by atomic mass is 79.9. The van der Waals surface area contributed by atoms with Crippen molar-refractivity contribution in [3.63, 3.8) is 0 Å². The van der Waals surface area contributed by atoms with Crippen molar-refractivity contribution >= 4 is 27.3 Å². The van der Waals surface area contributed by atoms with Gasteiger partial charge in [0.15, 0.2) is 0 Å². The Morgan fingerprint density at radius 3 is 2.42 bits per heavy atom. The number of nitrogens with one attached hydrogen (secondary N) is 1. The minimum atomic E-state index is 0.572. The molecule has 19 heavy (non-hydrogen) atoms. The number of rotatable bonds is 4. The second-order valence-corrected chi connectivity index (χ2v) is 5.90. The van der Waals surface area contributed by atoms with Crippen molar-refractivity contribution in [2.45, 2.75) is 26.3 Å². The molecular weight excluding hydrogens is 300 g/mol. The van der Waals surface area contributed by atoms with Crippen LogP contribution >= 0.6 is 15.9 Å². The van der Waals surface area contributed by atoms with E-state index in [0.717, 1.165) is 22.4 Å². The van der Waals surface area contributed by atoms with Crippen molar-refractivity contribution < 1.29 is 0 Å². The van der Waals surface area contributed by atoms with Gasteiger partial charge in [0.25, 0.3) is 0 Å². The minimum absolute atomic E-state index is 0.572. The van der Waals surface area contributed by atoms with Crippen LogP contribution in [0.2, 0.25) is 0 Å². The van der Waals surface area contributed by atoms with E-state index in [-0.39, 0.29) is 0 Å². The largest absolute Gasteiger partial charge is 0.397 e. The third-order valence-corrected chi connectivity index (χ3v) is 3.64. The van der Waals surface area contributed by atoms with Crippen molar-refractivity contribution in [1.29, 1.82) is 0 Å². The molecular formula is C16H19BrN2. The van der Waals surface area contributed by atoms with Gasteiger partial charge in [-0.3, -0.25) is 0 Å². The van der Waals surface area contributed by atoms with Crippen molar-refractivity contribution in [2.24, 2.45) is 0 Å². The topological polar surface area (TPSA) is 38.0 Å². The van der Waals surface area contributed by atoms with E-state index in [9.17, 15) is 0 Å². The molecule has 2 nitrogen and oxygen atoms in total. The number of benzene rings is 2. The summed E-state index contributed by atoms with van der Waals surface area (Å²) >= 11 is 3.45. The number of anilines is 2. The van der Waals surface area contributed by atoms with Crippen molar-refractivity contribution in [3.05, 3.63) is 58.1 Å². The molecule has 0 unspecified atom stereocenters. The Kier molecular flexibility index (Phi) is 4.48. The molecule has 0 fully saturated rings. The lowest BCUT2D eigenvalue weighted by atomic mass is 10.0. The van der Waals surface area contributed by atoms with Gasteiger partial charge in [0.1, 0.15) is 0 Å². The van der Waals surface area contributed by atoms with Gasteiger partial charge in [-0.25, -0.2) is 0 Å². The molecule has 3 N–H and O–H groups in total. The Bertz CT molecular complexity index is 547. The summed E-state index contributed by atoms with van der Waals surface area (Å²) in [6.45, 7) is 5.18. The Morgan fingerprint density at radius 1 is 1.11 bits per heavy atom. The van der Waals surface area contributed by atoms with Crippen LogP contribution in [0.3, 0.4) is 0 Å². The Hall–Kier alpha value is -1.48. The van der Waals surface area contributed by atoms with Crippen LogP contribution in [0.15, 0.2) is 46.9 Å². The van der Waals surface area contributed by atoms with Gasteiger partial charge < -0.3 is 11.1 Å². The Balaban J connectivity index is 2.04. The lowest BCUT2D eigenvalue weighted by Crippen LogP contribution is -2.02. The summed E-state index contributed by atoms with van der Waals surface area (Å²) in [5, 5.41) is 3.36. The van der Waals surface area contributed by atoms with E-state index in [1.54, 1.807) is 0 Å². The minimum Gasteiger partial charge on any atom is -0.397 e. The smallest absolute Gasteiger partial charge is 0.0587 e. The maximum absolute atomic E-state index is 5.93. The van der Waals surface area contributed by atoms with Crippen molar-refractivity contribution in [2.75, 3.05) is 11.1 Å². The van der Waals surface area contributed by atoms with Crippen LogP contribution in [0.1, 0.15) is 30.9 Å². The molecule has 0 radical (unpaired) electrons. The SMILES string of the molecule is CC(C)c1ccc(CNc2cc(Br)ccc2N)cc1. The molecule has 0 aromatic heterocycles. The normalized spacial score (nSPS) is 10.7. The molecule has 0 aliphatic rings. The van der Waals surface area contributed by atoms with Crippen LogP contribution in [-0.4, -0.2) is 0 Å². The van der Waals surface area contributed by atoms with Crippen molar-refractivity contribution in [1.82, 2.24) is 0 Å². The molecule has 2 rings (SSSR count). The molecule has 0 saturated carbocycles. The number of hydrogen-bond acceptors (Lipinski definition) is 2. The van der Waals surface area contributed by atoms with Gasteiger partial charge in [0.05, 0.1) is 11.4 Å². The number of halogens is 1. The highest BCUT2D eigenvalue weighted by Crippen LogP contribution is 2.24. The summed E-state index contributed by atoms with van der Waals surface area (Å²) in [5.41, 5.74) is 10.3. The summed E-state index contributed by atoms with van der Waals surface area (Å²) in [4.78, 5) is 0. The molecule has 2 aromatic carbocycles. The van der Waals surface area contributed by atoms with Crippen LogP contribution < -0.4 is 11.1 Å². The number of hydrogen-bond donors (Lipinski definition) is 2. The Labute approximate surface area is 123 Å². The zero-order valence-electron chi connectivity index (χ0n) is 11.3. The number of nitrogens with two attached hydrogens (primary N) is 1. The van der Waals surface area contributed by atoms with E-state index in [1.807, 2.05) is 18.2 Å². The van der Waals surface area contributed by atoms with Gasteiger partial charge in [-0.1, -0.05) is 54.0 Å². The first-order valence-electron chi connectivity index (χ1n) is 6.44. The summed E-state index contributed by atoms with van der Waals surface area (Å²) < 4.78 is 1.03. The lowest BCUT2D eigenvalue weighted by molar-refractivity contribution is 0.865. The molecule has 2 aromatic rings. The van der Waals surface area contributed by atoms with E-state index < -0.39 is 0 Å². The highest BCUT2D eigenvalue weighted by Gasteiger charge is 2.01. The average Bonchev–Trinajstić information content (AvgIpc) is 2.40. The molecule has 0 heterocycles. The molecule has 0 spiro atoms. The fraction of sp³-hybridized carbons (Fsp3) is 0.250. The monoisotopic (exact) mass is 318 g/mol. The van der Waals surface area contributed by atoms with Crippen LogP contribution in [0.4, 0.5) is 11.4 Å². The van der Waals surface area contributed by atoms with E-state index in [1.165, 1.54) is 11.1 Å². The molecule has 0 saturated heterocycles. The van der Waals surface area contributed by atoms with Gasteiger partial charge >= 0.3 is 0 Å². The fourth-order valence-electron chi connectivity index (χ4n) is 1.90. The summed E-state index contributed by atoms with van der Waals surface area (Å²) in [7, 11) is 0. The fourth-order valence-corrected chi connectivity index (χ4v) is 2.26. The van der Waals surface area contributed by atoms with E-state index in [2.05, 4.69) is 59.4 Å². The number of nitrogen functional groups attached to an aromatic ring is 1. The van der Waals surface area contributed by atoms with Crippen LogP contribution in [-0.2, 0) is 6.54 Å². The third-order valence-electron chi connectivity index (χ3n) is 3.14. The van der Waals surface area contributed by atoms with Crippen LogP contribution in [0.25, 0.3) is 0 Å². The van der Waals surface area contributed by atoms with E-state index in [4.69, 9.17) is 5.73 Å². The molecule has 100 valence electrons. The predicted octanol–water partition coefficient (Wildman–Crippen LogP) is 4.77. The van der Waals surface area contributed by atoms with E-state index >= 15 is 0 Å². The molecule has 0 aliphatic heterocycles. The summed E-state index contributed by atoms with van der Waals surface area (Å²) in [6, 6.07) is 14.5. The van der Waals surface area contributed by atoms with Gasteiger partial charge in [-0.2, -0.15) is 0 Å². The maximum atomic E-state index is 5.93. The van der Waals surface area contributed by atoms with Gasteiger partial charge in [0.2, 0.25) is 0 Å². The predicted molar refractivity (Wildman–Crippen MR) is 86.4 cm³/mol. The molecule has 0 aliphatic carbocycles. The summed E-state index contributed by atoms with van der Waals surface area (Å²) in [6.07, 6.45) is 0. The maximum Gasteiger partial charge on any atom is 0.0587 e. The zero-order chi connectivity index (χ0) is 13.8. The van der Waals surface area contributed by atoms with Gasteiger partial charge in [-0.05, 0) is 35.2 Å². The first-order chi connectivity index (χ1) is 9.06. The highest BCUT2D eigenvalue weighted by molar-refractivity contribution is 9.10. The second kappa shape index (κ2) is 6.11. The standard InChI is InChI=1S/C16H19BrN2/c1-11(2)13-5-3-12(4-6-13)10-19-16-9-14(17)7-8-15(16)18/h3-9,11,19H,10,18H2,1-2H3. The van der Waals surface area contributed by atoms with E-state index in [0.29, 0.717) is 5.92 Å². The van der Waals surface area contributed by atoms with Crippen LogP contribution in [0.5, 0.6) is 0 Å². The third kappa shape index (κ3) is 3.74. The zero-order valence-corrected chi connectivity index (χ0v) is 12.9. The van der Waals surface area contributed by atoms with Gasteiger partial charge in [-0.15, -0.1) is 0 Å². The average molecular weight is 319 g/mol. The quantitative estimate of drug-likeness (QED) is 0.797. The summed E-state index contributed by atoms with van der Waals surface area (Å²) in [5.74, 6) is 0.572. The van der Waals surface area contributed by atoms with Crippen molar-refractivity contribution in [3.8, 4) is 0 Å². The molecule has 0 bridgehead atoms. The molecule has 0 atom stereocenters.